The highest BCUT2D eigenvalue weighted by atomic mass is 28.3. The summed E-state index contributed by atoms with van der Waals surface area (Å²) in [5.41, 5.74) is 18.3. The van der Waals surface area contributed by atoms with Crippen LogP contribution in [0.4, 0.5) is 17.1 Å². The van der Waals surface area contributed by atoms with Crippen LogP contribution in [0.1, 0.15) is 44.5 Å². The molecule has 4 heterocycles. The van der Waals surface area contributed by atoms with Gasteiger partial charge in [0.15, 0.2) is 8.07 Å². The van der Waals surface area contributed by atoms with E-state index in [0.29, 0.717) is 0 Å². The Morgan fingerprint density at radius 3 is 1.48 bits per heavy atom. The molecule has 3 aliphatic carbocycles. The smallest absolute Gasteiger partial charge is 0.184 e. The molecule has 1 atom stereocenters. The predicted octanol–water partition coefficient (Wildman–Crippen LogP) is 12.4. The van der Waals surface area contributed by atoms with Gasteiger partial charge in [0.25, 0.3) is 0 Å². The topological polar surface area (TPSA) is 38.2 Å². The van der Waals surface area contributed by atoms with E-state index in [9.17, 15) is 0 Å². The summed E-state index contributed by atoms with van der Waals surface area (Å²) in [5.74, 6) is 1.68. The summed E-state index contributed by atoms with van der Waals surface area (Å²) in [6, 6.07) is 88.0. The first kappa shape index (κ1) is 39.0. The van der Waals surface area contributed by atoms with Crippen molar-refractivity contribution in [2.45, 2.75) is 10.8 Å². The van der Waals surface area contributed by atoms with E-state index in [2.05, 4.69) is 248 Å². The van der Waals surface area contributed by atoms with Crippen LogP contribution >= 0.6 is 0 Å². The largest absolute Gasteiger partial charge is 0.457 e. The van der Waals surface area contributed by atoms with Crippen LogP contribution < -0.4 is 30.4 Å². The summed E-state index contributed by atoms with van der Waals surface area (Å²) in [6.07, 6.45) is 3.99. The van der Waals surface area contributed by atoms with E-state index in [4.69, 9.17) is 14.7 Å². The number of ether oxygens (including phenoxy) is 1. The van der Waals surface area contributed by atoms with Crippen molar-refractivity contribution in [3.63, 3.8) is 0 Å². The van der Waals surface area contributed by atoms with Crippen molar-refractivity contribution in [3.05, 3.63) is 293 Å². The summed E-state index contributed by atoms with van der Waals surface area (Å²) in [5, 5.41) is 5.40. The number of para-hydroxylation sites is 3. The Labute approximate surface area is 412 Å². The highest BCUT2D eigenvalue weighted by Gasteiger charge is 2.57. The van der Waals surface area contributed by atoms with Crippen LogP contribution in [0.5, 0.6) is 11.5 Å². The molecule has 71 heavy (non-hydrogen) atoms. The monoisotopic (exact) mass is 919 g/mol. The predicted molar refractivity (Wildman–Crippen MR) is 288 cm³/mol. The van der Waals surface area contributed by atoms with Gasteiger partial charge in [-0.15, -0.1) is 0 Å². The van der Waals surface area contributed by atoms with Gasteiger partial charge in [-0.1, -0.05) is 194 Å². The maximum atomic E-state index is 7.30. The van der Waals surface area contributed by atoms with Crippen LogP contribution in [0.15, 0.2) is 249 Å². The third-order valence-electron chi connectivity index (χ3n) is 16.5. The molecule has 9 aromatic carbocycles. The fraction of sp³-hybridized carbons (Fsp3) is 0.0303. The Hall–Kier alpha value is -8.90. The van der Waals surface area contributed by atoms with Gasteiger partial charge in [0.1, 0.15) is 11.5 Å². The highest BCUT2D eigenvalue weighted by molar-refractivity contribution is 7.21. The van der Waals surface area contributed by atoms with E-state index in [1.807, 2.05) is 6.20 Å². The number of benzene rings is 9. The van der Waals surface area contributed by atoms with Gasteiger partial charge in [0, 0.05) is 34.3 Å². The zero-order chi connectivity index (χ0) is 46.5. The van der Waals surface area contributed by atoms with Crippen molar-refractivity contribution in [2.75, 3.05) is 4.90 Å². The average Bonchev–Trinajstić information content (AvgIpc) is 4.02. The molecule has 5 heteroatoms. The Balaban J connectivity index is 0.980. The second-order valence-electron chi connectivity index (χ2n) is 19.5. The minimum absolute atomic E-state index is 0.517. The summed E-state index contributed by atoms with van der Waals surface area (Å²) in [7, 11) is -2.84. The van der Waals surface area contributed by atoms with Gasteiger partial charge in [-0.05, 0) is 113 Å². The summed E-state index contributed by atoms with van der Waals surface area (Å²) in [4.78, 5) is 13.2. The summed E-state index contributed by atoms with van der Waals surface area (Å²) >= 11 is 0. The van der Waals surface area contributed by atoms with Crippen molar-refractivity contribution in [1.82, 2.24) is 9.97 Å². The molecule has 16 rings (SSSR count). The molecule has 0 fully saturated rings. The molecule has 2 spiro atoms. The first-order valence-electron chi connectivity index (χ1n) is 24.6. The van der Waals surface area contributed by atoms with Crippen LogP contribution in [0, 0.1) is 0 Å². The number of fused-ring (bicyclic) bond motifs is 21. The molecule has 0 radical (unpaired) electrons. The fourth-order valence-corrected chi connectivity index (χ4v) is 19.1. The number of hydrogen-bond donors (Lipinski definition) is 0. The molecule has 0 N–H and O–H groups in total. The Morgan fingerprint density at radius 1 is 0.352 bits per heavy atom. The molecule has 2 aliphatic heterocycles. The lowest BCUT2D eigenvalue weighted by molar-refractivity contribution is 0.435. The molecule has 0 amide bonds. The van der Waals surface area contributed by atoms with Gasteiger partial charge in [-0.25, -0.2) is 0 Å². The van der Waals surface area contributed by atoms with Gasteiger partial charge in [0.05, 0.1) is 34.1 Å². The molecule has 2 aromatic heterocycles. The van der Waals surface area contributed by atoms with Crippen LogP contribution in [-0.4, -0.2) is 18.0 Å². The quantitative estimate of drug-likeness (QED) is 0.166. The SMILES string of the molecule is c1ccc([Si]2(c3ccccc3)c3ccccc3N(c3cnc4c(c3)C3(c5ccccc5Oc5cc6c(cc53)-c3ccccc3C63c5ccccc5-c5ccccc53)c3cccnc3-4)c3ccccc32)cc1. The molecule has 330 valence electrons. The van der Waals surface area contributed by atoms with Gasteiger partial charge >= 0.3 is 0 Å². The van der Waals surface area contributed by atoms with Crippen molar-refractivity contribution in [2.24, 2.45) is 0 Å². The van der Waals surface area contributed by atoms with Crippen molar-refractivity contribution in [1.29, 1.82) is 0 Å². The van der Waals surface area contributed by atoms with Crippen molar-refractivity contribution in [3.8, 4) is 45.1 Å². The molecule has 0 saturated heterocycles. The maximum absolute atomic E-state index is 7.30. The number of pyridine rings is 2. The minimum Gasteiger partial charge on any atom is -0.457 e. The van der Waals surface area contributed by atoms with E-state index in [1.54, 1.807) is 0 Å². The third-order valence-corrected chi connectivity index (χ3v) is 21.4. The van der Waals surface area contributed by atoms with E-state index >= 15 is 0 Å². The lowest BCUT2D eigenvalue weighted by Gasteiger charge is -2.45. The summed E-state index contributed by atoms with van der Waals surface area (Å²) < 4.78 is 7.30. The number of nitrogens with zero attached hydrogens (tertiary/aromatic N) is 3. The summed E-state index contributed by atoms with van der Waals surface area (Å²) in [6.45, 7) is 0. The van der Waals surface area contributed by atoms with Gasteiger partial charge in [-0.3, -0.25) is 9.97 Å². The molecule has 11 aromatic rings. The van der Waals surface area contributed by atoms with E-state index in [1.165, 1.54) is 76.6 Å². The van der Waals surface area contributed by atoms with Gasteiger partial charge < -0.3 is 9.64 Å². The van der Waals surface area contributed by atoms with E-state index < -0.39 is 18.9 Å². The molecule has 5 aliphatic rings. The Bertz CT molecular complexity index is 3940. The van der Waals surface area contributed by atoms with Gasteiger partial charge in [0.2, 0.25) is 0 Å². The Morgan fingerprint density at radius 2 is 0.845 bits per heavy atom. The zero-order valence-electron chi connectivity index (χ0n) is 38.4. The number of rotatable bonds is 3. The molecular formula is C66H41N3OSi. The lowest BCUT2D eigenvalue weighted by atomic mass is 9.65. The molecule has 0 saturated carbocycles. The van der Waals surface area contributed by atoms with Crippen LogP contribution in [0.2, 0.25) is 0 Å². The second-order valence-corrected chi connectivity index (χ2v) is 23.2. The highest BCUT2D eigenvalue weighted by Crippen LogP contribution is 2.67. The zero-order valence-corrected chi connectivity index (χ0v) is 39.4. The van der Waals surface area contributed by atoms with E-state index in [-0.39, 0.29) is 0 Å². The minimum atomic E-state index is -2.84. The van der Waals surface area contributed by atoms with Crippen LogP contribution in [0.25, 0.3) is 33.6 Å². The van der Waals surface area contributed by atoms with Crippen LogP contribution in [0.3, 0.4) is 0 Å². The first-order valence-corrected chi connectivity index (χ1v) is 26.6. The number of anilines is 3. The molecule has 0 bridgehead atoms. The average molecular weight is 920 g/mol. The van der Waals surface area contributed by atoms with E-state index in [0.717, 1.165) is 50.8 Å². The first-order chi connectivity index (χ1) is 35.2. The fourth-order valence-electron chi connectivity index (χ4n) is 14.0. The third kappa shape index (κ3) is 4.70. The maximum Gasteiger partial charge on any atom is 0.184 e. The lowest BCUT2D eigenvalue weighted by Crippen LogP contribution is -2.77. The normalized spacial score (nSPS) is 16.8. The number of aromatic nitrogens is 2. The number of hydrogen-bond acceptors (Lipinski definition) is 4. The molecule has 1 unspecified atom stereocenters. The van der Waals surface area contributed by atoms with Crippen LogP contribution in [-0.2, 0) is 10.8 Å². The second kappa shape index (κ2) is 14.1. The molecular weight excluding hydrogens is 879 g/mol. The standard InChI is InChI=1S/C66H41N3OSi/c1-3-20-43(21-4-1)71(44-22-5-2-6-23-44)61-35-17-14-32-57(61)69(58-33-15-18-36-62(58)71)42-38-56-64(68-41-42)63-53(31-19-37-67-63)66(56)52-30-13-16-34-59(52)70-60-40-54-48(39-55(60)66)47-26-9-12-29-51(47)65(54)49-27-10-7-24-45(49)46-25-8-11-28-50(46)65/h1-41H. The van der Waals surface area contributed by atoms with Crippen molar-refractivity contribution < 1.29 is 4.74 Å². The molecule has 4 nitrogen and oxygen atoms in total. The van der Waals surface area contributed by atoms with Crippen molar-refractivity contribution >= 4 is 45.9 Å². The Kier molecular flexibility index (Phi) is 7.74. The van der Waals surface area contributed by atoms with Gasteiger partial charge in [-0.2, -0.15) is 0 Å².